The Balaban J connectivity index is 2.06. The summed E-state index contributed by atoms with van der Waals surface area (Å²) in [6, 6.07) is 3.59. The van der Waals surface area contributed by atoms with Gasteiger partial charge in [0.1, 0.15) is 11.6 Å². The Hall–Kier alpha value is -1.55. The van der Waals surface area contributed by atoms with Gasteiger partial charge in [0.2, 0.25) is 0 Å². The zero-order valence-corrected chi connectivity index (χ0v) is 9.30. The number of imidazole rings is 1. The maximum absolute atomic E-state index is 9.51. The van der Waals surface area contributed by atoms with Crippen molar-refractivity contribution >= 4 is 5.52 Å². The van der Waals surface area contributed by atoms with E-state index in [0.717, 1.165) is 30.9 Å². The van der Waals surface area contributed by atoms with Crippen LogP contribution < -0.4 is 0 Å². The summed E-state index contributed by atoms with van der Waals surface area (Å²) in [6.07, 6.45) is 4.76. The SMILES string of the molecule is CN1CCC(c2ncc3ccc(O)cn23)C1. The summed E-state index contributed by atoms with van der Waals surface area (Å²) in [4.78, 5) is 6.79. The highest BCUT2D eigenvalue weighted by Gasteiger charge is 2.24. The van der Waals surface area contributed by atoms with E-state index >= 15 is 0 Å². The monoisotopic (exact) mass is 217 g/mol. The maximum atomic E-state index is 9.51. The van der Waals surface area contributed by atoms with Crippen molar-refractivity contribution in [3.63, 3.8) is 0 Å². The first-order chi connectivity index (χ1) is 7.74. The average Bonchev–Trinajstić information content (AvgIpc) is 2.83. The molecule has 1 atom stereocenters. The summed E-state index contributed by atoms with van der Waals surface area (Å²) >= 11 is 0. The molecule has 2 aromatic rings. The topological polar surface area (TPSA) is 40.8 Å². The van der Waals surface area contributed by atoms with Gasteiger partial charge in [-0.3, -0.25) is 4.40 Å². The molecule has 0 aromatic carbocycles. The van der Waals surface area contributed by atoms with Crippen LogP contribution in [0.15, 0.2) is 24.5 Å². The number of fused-ring (bicyclic) bond motifs is 1. The molecule has 0 saturated carbocycles. The molecular weight excluding hydrogens is 202 g/mol. The van der Waals surface area contributed by atoms with Crippen molar-refractivity contribution in [3.8, 4) is 5.75 Å². The highest BCUT2D eigenvalue weighted by molar-refractivity contribution is 5.48. The Kier molecular flexibility index (Phi) is 2.11. The van der Waals surface area contributed by atoms with Gasteiger partial charge >= 0.3 is 0 Å². The van der Waals surface area contributed by atoms with E-state index in [1.165, 1.54) is 0 Å². The average molecular weight is 217 g/mol. The minimum absolute atomic E-state index is 0.290. The summed E-state index contributed by atoms with van der Waals surface area (Å²) < 4.78 is 2.00. The Morgan fingerprint density at radius 3 is 3.06 bits per heavy atom. The summed E-state index contributed by atoms with van der Waals surface area (Å²) in [5.41, 5.74) is 1.04. The van der Waals surface area contributed by atoms with E-state index in [1.54, 1.807) is 12.3 Å². The van der Waals surface area contributed by atoms with Crippen LogP contribution in [0, 0.1) is 0 Å². The van der Waals surface area contributed by atoms with Gasteiger partial charge in [0.15, 0.2) is 0 Å². The van der Waals surface area contributed by atoms with Crippen molar-refractivity contribution in [1.29, 1.82) is 0 Å². The van der Waals surface area contributed by atoms with E-state index < -0.39 is 0 Å². The molecule has 1 aliphatic heterocycles. The second-order valence-corrected chi connectivity index (χ2v) is 4.55. The molecule has 0 radical (unpaired) electrons. The minimum Gasteiger partial charge on any atom is -0.506 e. The number of rotatable bonds is 1. The van der Waals surface area contributed by atoms with Gasteiger partial charge in [-0.1, -0.05) is 0 Å². The highest BCUT2D eigenvalue weighted by Crippen LogP contribution is 2.26. The fourth-order valence-electron chi connectivity index (χ4n) is 2.45. The fraction of sp³-hybridized carbons (Fsp3) is 0.417. The van der Waals surface area contributed by atoms with Crippen LogP contribution in [0.25, 0.3) is 5.52 Å². The predicted molar refractivity (Wildman–Crippen MR) is 61.7 cm³/mol. The van der Waals surface area contributed by atoms with Crippen molar-refractivity contribution in [2.24, 2.45) is 0 Å². The number of hydrogen-bond acceptors (Lipinski definition) is 3. The normalized spacial score (nSPS) is 21.9. The first-order valence-electron chi connectivity index (χ1n) is 5.58. The van der Waals surface area contributed by atoms with Gasteiger partial charge in [0, 0.05) is 12.5 Å². The zero-order chi connectivity index (χ0) is 11.1. The third-order valence-electron chi connectivity index (χ3n) is 3.30. The second-order valence-electron chi connectivity index (χ2n) is 4.55. The summed E-state index contributed by atoms with van der Waals surface area (Å²) in [5.74, 6) is 1.84. The molecule has 1 aliphatic rings. The van der Waals surface area contributed by atoms with Crippen molar-refractivity contribution in [3.05, 3.63) is 30.4 Å². The van der Waals surface area contributed by atoms with Crippen molar-refractivity contribution < 1.29 is 5.11 Å². The van der Waals surface area contributed by atoms with Crippen LogP contribution >= 0.6 is 0 Å². The first-order valence-corrected chi connectivity index (χ1v) is 5.58. The Morgan fingerprint density at radius 2 is 2.31 bits per heavy atom. The lowest BCUT2D eigenvalue weighted by Crippen LogP contribution is -2.14. The van der Waals surface area contributed by atoms with Gasteiger partial charge in [-0.25, -0.2) is 4.98 Å². The number of nitrogens with zero attached hydrogens (tertiary/aromatic N) is 3. The summed E-state index contributed by atoms with van der Waals surface area (Å²) in [5, 5.41) is 9.51. The molecule has 3 heterocycles. The molecule has 1 saturated heterocycles. The minimum atomic E-state index is 0.290. The second kappa shape index (κ2) is 3.49. The van der Waals surface area contributed by atoms with Gasteiger partial charge in [-0.15, -0.1) is 0 Å². The number of likely N-dealkylation sites (tertiary alicyclic amines) is 1. The van der Waals surface area contributed by atoms with Crippen LogP contribution in [0.5, 0.6) is 5.75 Å². The molecule has 1 N–H and O–H groups in total. The lowest BCUT2D eigenvalue weighted by atomic mass is 10.1. The van der Waals surface area contributed by atoms with Gasteiger partial charge in [0.05, 0.1) is 17.9 Å². The van der Waals surface area contributed by atoms with Crippen LogP contribution in [-0.4, -0.2) is 39.5 Å². The molecule has 0 amide bonds. The predicted octanol–water partition coefficient (Wildman–Crippen LogP) is 1.46. The lowest BCUT2D eigenvalue weighted by Gasteiger charge is -2.09. The van der Waals surface area contributed by atoms with Gasteiger partial charge in [0.25, 0.3) is 0 Å². The number of hydrogen-bond donors (Lipinski definition) is 1. The Labute approximate surface area is 94.1 Å². The smallest absolute Gasteiger partial charge is 0.132 e. The fourth-order valence-corrected chi connectivity index (χ4v) is 2.45. The third kappa shape index (κ3) is 1.46. The van der Waals surface area contributed by atoms with Crippen LogP contribution in [0.1, 0.15) is 18.2 Å². The van der Waals surface area contributed by atoms with Crippen molar-refractivity contribution in [2.75, 3.05) is 20.1 Å². The summed E-state index contributed by atoms with van der Waals surface area (Å²) in [6.45, 7) is 2.17. The number of aromatic hydroxyl groups is 1. The number of pyridine rings is 1. The molecule has 0 spiro atoms. The van der Waals surface area contributed by atoms with Crippen molar-refractivity contribution in [2.45, 2.75) is 12.3 Å². The van der Waals surface area contributed by atoms with Crippen molar-refractivity contribution in [1.82, 2.24) is 14.3 Å². The molecule has 4 nitrogen and oxygen atoms in total. The molecule has 16 heavy (non-hydrogen) atoms. The largest absolute Gasteiger partial charge is 0.506 e. The Bertz CT molecular complexity index is 520. The number of likely N-dealkylation sites (N-methyl/N-ethyl adjacent to an activating group) is 1. The zero-order valence-electron chi connectivity index (χ0n) is 9.30. The standard InChI is InChI=1S/C12H15N3O/c1-14-5-4-9(7-14)12-13-6-10-2-3-11(16)8-15(10)12/h2-3,6,8-9,16H,4-5,7H2,1H3. The van der Waals surface area contributed by atoms with E-state index in [0.29, 0.717) is 5.92 Å². The van der Waals surface area contributed by atoms with Gasteiger partial charge in [-0.2, -0.15) is 0 Å². The molecule has 4 heteroatoms. The molecular formula is C12H15N3O. The van der Waals surface area contributed by atoms with Crippen LogP contribution in [0.2, 0.25) is 0 Å². The van der Waals surface area contributed by atoms with Gasteiger partial charge in [-0.05, 0) is 32.1 Å². The summed E-state index contributed by atoms with van der Waals surface area (Å²) in [7, 11) is 2.13. The molecule has 2 aromatic heterocycles. The van der Waals surface area contributed by atoms with Crippen LogP contribution in [-0.2, 0) is 0 Å². The highest BCUT2D eigenvalue weighted by atomic mass is 16.3. The van der Waals surface area contributed by atoms with Crippen LogP contribution in [0.4, 0.5) is 0 Å². The molecule has 1 fully saturated rings. The molecule has 1 unspecified atom stereocenters. The van der Waals surface area contributed by atoms with Gasteiger partial charge < -0.3 is 10.0 Å². The van der Waals surface area contributed by atoms with E-state index in [4.69, 9.17) is 0 Å². The first kappa shape index (κ1) is 9.66. The van der Waals surface area contributed by atoms with E-state index in [-0.39, 0.29) is 5.75 Å². The third-order valence-corrected chi connectivity index (χ3v) is 3.30. The molecule has 0 aliphatic carbocycles. The number of aromatic nitrogens is 2. The molecule has 0 bridgehead atoms. The quantitative estimate of drug-likeness (QED) is 0.786. The molecule has 3 rings (SSSR count). The molecule has 84 valence electrons. The van der Waals surface area contributed by atoms with E-state index in [2.05, 4.69) is 16.9 Å². The van der Waals surface area contributed by atoms with Crippen LogP contribution in [0.3, 0.4) is 0 Å². The van der Waals surface area contributed by atoms with E-state index in [1.807, 2.05) is 16.7 Å². The maximum Gasteiger partial charge on any atom is 0.132 e. The van der Waals surface area contributed by atoms with E-state index in [9.17, 15) is 5.11 Å². The Morgan fingerprint density at radius 1 is 1.44 bits per heavy atom. The lowest BCUT2D eigenvalue weighted by molar-refractivity contribution is 0.409.